The number of aromatic nitrogens is 1. The Morgan fingerprint density at radius 2 is 2.32 bits per heavy atom. The Morgan fingerprint density at radius 1 is 1.47 bits per heavy atom. The first kappa shape index (κ1) is 13.8. The van der Waals surface area contributed by atoms with Crippen molar-refractivity contribution in [1.29, 1.82) is 0 Å². The molecule has 0 fully saturated rings. The van der Waals surface area contributed by atoms with E-state index < -0.39 is 0 Å². The van der Waals surface area contributed by atoms with Gasteiger partial charge in [-0.2, -0.15) is 0 Å². The summed E-state index contributed by atoms with van der Waals surface area (Å²) in [5, 5.41) is 0. The van der Waals surface area contributed by atoms with Gasteiger partial charge in [0, 0.05) is 18.8 Å². The van der Waals surface area contributed by atoms with Gasteiger partial charge in [0.05, 0.1) is 0 Å². The van der Waals surface area contributed by atoms with E-state index in [9.17, 15) is 0 Å². The third-order valence-electron chi connectivity index (χ3n) is 2.90. The molecule has 2 heterocycles. The van der Waals surface area contributed by atoms with Crippen molar-refractivity contribution in [1.82, 2.24) is 4.98 Å². The molecule has 100 valence electrons. The SMILES string of the molecule is CCC1=C(COc2cccnc2Br)C=CN=C(N)C1. The first-order valence-electron chi connectivity index (χ1n) is 6.13. The van der Waals surface area contributed by atoms with E-state index in [1.54, 1.807) is 12.4 Å². The van der Waals surface area contributed by atoms with Crippen molar-refractivity contribution >= 4 is 21.8 Å². The number of pyridine rings is 1. The van der Waals surface area contributed by atoms with Gasteiger partial charge in [-0.3, -0.25) is 0 Å². The molecule has 1 aliphatic heterocycles. The standard InChI is InChI=1S/C14H16BrN3O/c1-2-10-8-13(16)17-7-5-11(10)9-19-12-4-3-6-18-14(12)15/h3-7H,2,8-9H2,1H3,(H2,16,17). The molecule has 19 heavy (non-hydrogen) atoms. The summed E-state index contributed by atoms with van der Waals surface area (Å²) in [4.78, 5) is 8.27. The van der Waals surface area contributed by atoms with Crippen LogP contribution < -0.4 is 10.5 Å². The Balaban J connectivity index is 2.12. The predicted octanol–water partition coefficient (Wildman–Crippen LogP) is 3.20. The van der Waals surface area contributed by atoms with Gasteiger partial charge in [0.15, 0.2) is 5.75 Å². The fourth-order valence-corrected chi connectivity index (χ4v) is 2.22. The normalized spacial score (nSPS) is 15.2. The average Bonchev–Trinajstić information content (AvgIpc) is 2.59. The summed E-state index contributed by atoms with van der Waals surface area (Å²) in [6, 6.07) is 3.73. The second-order valence-corrected chi connectivity index (χ2v) is 4.93. The lowest BCUT2D eigenvalue weighted by Gasteiger charge is -2.11. The molecule has 0 saturated carbocycles. The lowest BCUT2D eigenvalue weighted by atomic mass is 10.0. The van der Waals surface area contributed by atoms with Crippen LogP contribution in [0.25, 0.3) is 0 Å². The van der Waals surface area contributed by atoms with Crippen LogP contribution >= 0.6 is 15.9 Å². The summed E-state index contributed by atoms with van der Waals surface area (Å²) in [5.41, 5.74) is 8.19. The molecular weight excluding hydrogens is 306 g/mol. The molecule has 4 nitrogen and oxygen atoms in total. The summed E-state index contributed by atoms with van der Waals surface area (Å²) in [5.74, 6) is 1.38. The molecule has 0 bridgehead atoms. The van der Waals surface area contributed by atoms with Crippen LogP contribution in [0.5, 0.6) is 5.75 Å². The van der Waals surface area contributed by atoms with E-state index >= 15 is 0 Å². The molecule has 0 aromatic carbocycles. The largest absolute Gasteiger partial charge is 0.486 e. The zero-order valence-electron chi connectivity index (χ0n) is 10.8. The van der Waals surface area contributed by atoms with E-state index in [-0.39, 0.29) is 0 Å². The van der Waals surface area contributed by atoms with Crippen LogP contribution in [-0.2, 0) is 0 Å². The van der Waals surface area contributed by atoms with E-state index in [0.29, 0.717) is 23.5 Å². The summed E-state index contributed by atoms with van der Waals surface area (Å²) in [7, 11) is 0. The Labute approximate surface area is 121 Å². The smallest absolute Gasteiger partial charge is 0.152 e. The predicted molar refractivity (Wildman–Crippen MR) is 80.1 cm³/mol. The molecular formula is C14H16BrN3O. The van der Waals surface area contributed by atoms with Gasteiger partial charge in [0.1, 0.15) is 17.0 Å². The van der Waals surface area contributed by atoms with E-state index in [0.717, 1.165) is 17.7 Å². The quantitative estimate of drug-likeness (QED) is 0.866. The van der Waals surface area contributed by atoms with Gasteiger partial charge < -0.3 is 10.5 Å². The maximum Gasteiger partial charge on any atom is 0.152 e. The molecule has 0 aliphatic carbocycles. The first-order valence-corrected chi connectivity index (χ1v) is 6.93. The molecule has 1 aromatic rings. The van der Waals surface area contributed by atoms with Crippen molar-refractivity contribution in [2.24, 2.45) is 10.7 Å². The van der Waals surface area contributed by atoms with Gasteiger partial charge in [-0.25, -0.2) is 9.98 Å². The maximum absolute atomic E-state index is 5.80. The molecule has 1 aromatic heterocycles. The van der Waals surface area contributed by atoms with Crippen molar-refractivity contribution in [3.63, 3.8) is 0 Å². The molecule has 0 spiro atoms. The number of amidine groups is 1. The zero-order chi connectivity index (χ0) is 13.7. The van der Waals surface area contributed by atoms with Crippen LogP contribution in [0.3, 0.4) is 0 Å². The molecule has 0 amide bonds. The zero-order valence-corrected chi connectivity index (χ0v) is 12.4. The van der Waals surface area contributed by atoms with E-state index in [1.165, 1.54) is 5.57 Å². The first-order chi connectivity index (χ1) is 9.20. The van der Waals surface area contributed by atoms with E-state index in [1.807, 2.05) is 18.2 Å². The van der Waals surface area contributed by atoms with Crippen molar-refractivity contribution in [3.05, 3.63) is 46.4 Å². The summed E-state index contributed by atoms with van der Waals surface area (Å²) >= 11 is 3.37. The minimum Gasteiger partial charge on any atom is -0.486 e. The lowest BCUT2D eigenvalue weighted by molar-refractivity contribution is 0.350. The number of halogens is 1. The number of rotatable bonds is 4. The third kappa shape index (κ3) is 3.67. The molecule has 1 aliphatic rings. The molecule has 2 rings (SSSR count). The fourth-order valence-electron chi connectivity index (χ4n) is 1.86. The Morgan fingerprint density at radius 3 is 3.05 bits per heavy atom. The molecule has 0 saturated heterocycles. The van der Waals surface area contributed by atoms with Gasteiger partial charge in [-0.05, 0) is 46.1 Å². The Bertz CT molecular complexity index is 549. The highest BCUT2D eigenvalue weighted by atomic mass is 79.9. The van der Waals surface area contributed by atoms with Crippen molar-refractivity contribution in [3.8, 4) is 5.75 Å². The molecule has 0 atom stereocenters. The minimum absolute atomic E-state index is 0.493. The minimum atomic E-state index is 0.493. The second kappa shape index (κ2) is 6.52. The van der Waals surface area contributed by atoms with Crippen LogP contribution in [0.4, 0.5) is 0 Å². The number of hydrogen-bond donors (Lipinski definition) is 1. The summed E-state index contributed by atoms with van der Waals surface area (Å²) < 4.78 is 6.50. The highest BCUT2D eigenvalue weighted by molar-refractivity contribution is 9.10. The molecule has 2 N–H and O–H groups in total. The topological polar surface area (TPSA) is 60.5 Å². The number of nitrogens with zero attached hydrogens (tertiary/aromatic N) is 2. The van der Waals surface area contributed by atoms with Crippen LogP contribution in [0.1, 0.15) is 19.8 Å². The molecule has 0 unspecified atom stereocenters. The van der Waals surface area contributed by atoms with Gasteiger partial charge in [-0.15, -0.1) is 0 Å². The van der Waals surface area contributed by atoms with Crippen molar-refractivity contribution in [2.75, 3.05) is 6.61 Å². The van der Waals surface area contributed by atoms with Crippen LogP contribution in [0.2, 0.25) is 0 Å². The molecule has 0 radical (unpaired) electrons. The van der Waals surface area contributed by atoms with Crippen LogP contribution in [-0.4, -0.2) is 17.4 Å². The fraction of sp³-hybridized carbons (Fsp3) is 0.286. The number of ether oxygens (including phenoxy) is 1. The van der Waals surface area contributed by atoms with Gasteiger partial charge in [0.2, 0.25) is 0 Å². The Kier molecular flexibility index (Phi) is 4.74. The average molecular weight is 322 g/mol. The van der Waals surface area contributed by atoms with Crippen LogP contribution in [0.15, 0.2) is 51.3 Å². The van der Waals surface area contributed by atoms with Gasteiger partial charge in [-0.1, -0.05) is 12.5 Å². The monoisotopic (exact) mass is 321 g/mol. The van der Waals surface area contributed by atoms with E-state index in [2.05, 4.69) is 32.8 Å². The van der Waals surface area contributed by atoms with Gasteiger partial charge in [0.25, 0.3) is 0 Å². The number of aliphatic imine (C=N–C) groups is 1. The summed E-state index contributed by atoms with van der Waals surface area (Å²) in [6.45, 7) is 2.61. The van der Waals surface area contributed by atoms with Crippen molar-refractivity contribution < 1.29 is 4.74 Å². The Hall–Kier alpha value is -1.62. The summed E-state index contributed by atoms with van der Waals surface area (Å²) in [6.07, 6.45) is 7.05. The van der Waals surface area contributed by atoms with Crippen molar-refractivity contribution in [2.45, 2.75) is 19.8 Å². The lowest BCUT2D eigenvalue weighted by Crippen LogP contribution is -2.12. The number of nitrogens with two attached hydrogens (primary N) is 1. The van der Waals surface area contributed by atoms with Crippen LogP contribution in [0, 0.1) is 0 Å². The highest BCUT2D eigenvalue weighted by Crippen LogP contribution is 2.23. The highest BCUT2D eigenvalue weighted by Gasteiger charge is 2.09. The van der Waals surface area contributed by atoms with Gasteiger partial charge >= 0.3 is 0 Å². The number of hydrogen-bond acceptors (Lipinski definition) is 4. The maximum atomic E-state index is 5.80. The third-order valence-corrected chi connectivity index (χ3v) is 3.50. The second-order valence-electron chi connectivity index (χ2n) is 4.18. The van der Waals surface area contributed by atoms with E-state index in [4.69, 9.17) is 10.5 Å². The molecule has 5 heteroatoms.